The van der Waals surface area contributed by atoms with Crippen LogP contribution in [0.4, 0.5) is 10.5 Å². The molecule has 7 heteroatoms. The number of hydrogen-bond donors (Lipinski definition) is 2. The predicted molar refractivity (Wildman–Crippen MR) is 148 cm³/mol. The van der Waals surface area contributed by atoms with E-state index in [2.05, 4.69) is 10.6 Å². The number of rotatable bonds is 9. The number of benzene rings is 2. The van der Waals surface area contributed by atoms with Crippen LogP contribution >= 0.6 is 0 Å². The van der Waals surface area contributed by atoms with Crippen molar-refractivity contribution in [2.45, 2.75) is 86.4 Å². The average molecular weight is 510 g/mol. The Hall–Kier alpha value is -3.35. The fourth-order valence-electron chi connectivity index (χ4n) is 4.32. The summed E-state index contributed by atoms with van der Waals surface area (Å²) in [5, 5.41) is 5.81. The molecule has 202 valence electrons. The largest absolute Gasteiger partial charge is 0.444 e. The van der Waals surface area contributed by atoms with Gasteiger partial charge in [-0.2, -0.15) is 0 Å². The van der Waals surface area contributed by atoms with Crippen molar-refractivity contribution >= 4 is 23.6 Å². The molecule has 2 aromatic carbocycles. The summed E-state index contributed by atoms with van der Waals surface area (Å²) < 4.78 is 5.44. The highest BCUT2D eigenvalue weighted by Crippen LogP contribution is 2.28. The highest BCUT2D eigenvalue weighted by molar-refractivity contribution is 5.99. The molecule has 2 rings (SSSR count). The Labute approximate surface area is 222 Å². The van der Waals surface area contributed by atoms with Crippen LogP contribution in [0.5, 0.6) is 0 Å². The first-order chi connectivity index (χ1) is 17.3. The van der Waals surface area contributed by atoms with E-state index in [0.717, 1.165) is 22.3 Å². The van der Waals surface area contributed by atoms with Crippen molar-refractivity contribution in [3.8, 4) is 0 Å². The van der Waals surface area contributed by atoms with Gasteiger partial charge in [0.05, 0.1) is 0 Å². The van der Waals surface area contributed by atoms with Crippen LogP contribution in [0, 0.1) is 26.7 Å². The van der Waals surface area contributed by atoms with Gasteiger partial charge in [-0.1, -0.05) is 67.8 Å². The zero-order valence-electron chi connectivity index (χ0n) is 23.8. The Bertz CT molecular complexity index is 1090. The number of nitrogens with zero attached hydrogens (tertiary/aromatic N) is 1. The molecule has 0 radical (unpaired) electrons. The second-order valence-electron chi connectivity index (χ2n) is 10.8. The van der Waals surface area contributed by atoms with Crippen LogP contribution in [-0.4, -0.2) is 41.0 Å². The third-order valence-corrected chi connectivity index (χ3v) is 6.30. The molecule has 0 fully saturated rings. The summed E-state index contributed by atoms with van der Waals surface area (Å²) in [5.41, 5.74) is 3.63. The molecular weight excluding hydrogens is 466 g/mol. The quantitative estimate of drug-likeness (QED) is 0.429. The van der Waals surface area contributed by atoms with Gasteiger partial charge in [-0.25, -0.2) is 4.79 Å². The number of carbonyl (C=O) groups excluding carboxylic acids is 3. The van der Waals surface area contributed by atoms with Crippen LogP contribution in [0.25, 0.3) is 0 Å². The zero-order valence-corrected chi connectivity index (χ0v) is 23.8. The monoisotopic (exact) mass is 509 g/mol. The van der Waals surface area contributed by atoms with Gasteiger partial charge in [0.15, 0.2) is 0 Å². The number of ether oxygens (including phenoxy) is 1. The first-order valence-corrected chi connectivity index (χ1v) is 13.0. The Morgan fingerprint density at radius 1 is 0.973 bits per heavy atom. The van der Waals surface area contributed by atoms with Crippen molar-refractivity contribution in [2.24, 2.45) is 5.92 Å². The first kappa shape index (κ1) is 29.9. The van der Waals surface area contributed by atoms with E-state index < -0.39 is 23.8 Å². The number of anilines is 1. The van der Waals surface area contributed by atoms with E-state index in [9.17, 15) is 14.4 Å². The summed E-state index contributed by atoms with van der Waals surface area (Å²) in [6.45, 7) is 17.2. The van der Waals surface area contributed by atoms with Crippen LogP contribution in [0.1, 0.15) is 76.3 Å². The van der Waals surface area contributed by atoms with Gasteiger partial charge in [0.25, 0.3) is 5.91 Å². The lowest BCUT2D eigenvalue weighted by Crippen LogP contribution is -2.54. The van der Waals surface area contributed by atoms with E-state index >= 15 is 0 Å². The van der Waals surface area contributed by atoms with Gasteiger partial charge in [0, 0.05) is 12.2 Å². The normalized spacial score (nSPS) is 13.8. The molecule has 0 bridgehead atoms. The minimum Gasteiger partial charge on any atom is -0.444 e. The second kappa shape index (κ2) is 12.7. The Morgan fingerprint density at radius 3 is 2.08 bits per heavy atom. The number of alkyl carbamates (subject to hydrolysis) is 1. The predicted octanol–water partition coefficient (Wildman–Crippen LogP) is 6.08. The van der Waals surface area contributed by atoms with Crippen LogP contribution in [0.15, 0.2) is 42.5 Å². The maximum atomic E-state index is 14.1. The summed E-state index contributed by atoms with van der Waals surface area (Å²) in [7, 11) is 0. The molecular formula is C30H43N3O4. The topological polar surface area (TPSA) is 87.7 Å². The number of aryl methyl sites for hydroxylation is 3. The Balaban J connectivity index is 2.53. The molecule has 0 aromatic heterocycles. The molecule has 3 atom stereocenters. The number of para-hydroxylation sites is 1. The lowest BCUT2D eigenvalue weighted by molar-refractivity contribution is -0.141. The molecule has 37 heavy (non-hydrogen) atoms. The molecule has 0 saturated heterocycles. The van der Waals surface area contributed by atoms with E-state index in [1.165, 1.54) is 0 Å². The molecule has 0 aliphatic rings. The molecule has 7 nitrogen and oxygen atoms in total. The Morgan fingerprint density at radius 2 is 1.57 bits per heavy atom. The smallest absolute Gasteiger partial charge is 0.408 e. The van der Waals surface area contributed by atoms with Crippen LogP contribution in [0.3, 0.4) is 0 Å². The van der Waals surface area contributed by atoms with Crippen LogP contribution in [-0.2, 0) is 14.3 Å². The number of carbonyl (C=O) groups is 3. The van der Waals surface area contributed by atoms with Crippen molar-refractivity contribution in [2.75, 3.05) is 11.9 Å². The van der Waals surface area contributed by atoms with E-state index in [4.69, 9.17) is 4.74 Å². The lowest BCUT2D eigenvalue weighted by atomic mass is 9.94. The maximum Gasteiger partial charge on any atom is 0.408 e. The molecule has 0 heterocycles. The minimum atomic E-state index is -0.886. The second-order valence-corrected chi connectivity index (χ2v) is 10.8. The third kappa shape index (κ3) is 8.34. The summed E-state index contributed by atoms with van der Waals surface area (Å²) in [5.74, 6) is -0.810. The zero-order chi connectivity index (χ0) is 27.9. The fourth-order valence-corrected chi connectivity index (χ4v) is 4.32. The Kier molecular flexibility index (Phi) is 10.3. The summed E-state index contributed by atoms with van der Waals surface area (Å²) in [4.78, 5) is 42.1. The van der Waals surface area contributed by atoms with Crippen molar-refractivity contribution < 1.29 is 19.1 Å². The van der Waals surface area contributed by atoms with E-state index in [1.807, 2.05) is 84.0 Å². The lowest BCUT2D eigenvalue weighted by Gasteiger charge is -2.35. The number of nitrogens with one attached hydrogen (secondary N) is 2. The van der Waals surface area contributed by atoms with Crippen molar-refractivity contribution in [1.29, 1.82) is 0 Å². The van der Waals surface area contributed by atoms with Crippen molar-refractivity contribution in [3.63, 3.8) is 0 Å². The SMILES string of the molecule is CCC(C)C(NC(=O)OC(C)(C)C)C(=O)N(CC)C(C(=O)Nc1ccccc1C)c1cc(C)cc(C)c1. The molecule has 0 aliphatic heterocycles. The highest BCUT2D eigenvalue weighted by atomic mass is 16.6. The number of amides is 3. The van der Waals surface area contributed by atoms with Gasteiger partial charge in [-0.3, -0.25) is 9.59 Å². The number of hydrogen-bond acceptors (Lipinski definition) is 4. The van der Waals surface area contributed by atoms with Crippen LogP contribution < -0.4 is 10.6 Å². The van der Waals surface area contributed by atoms with E-state index in [-0.39, 0.29) is 24.3 Å². The van der Waals surface area contributed by atoms with E-state index in [1.54, 1.807) is 25.7 Å². The molecule has 0 aliphatic carbocycles. The van der Waals surface area contributed by atoms with Gasteiger partial charge in [-0.05, 0) is 71.6 Å². The third-order valence-electron chi connectivity index (χ3n) is 6.30. The van der Waals surface area contributed by atoms with E-state index in [0.29, 0.717) is 12.1 Å². The average Bonchev–Trinajstić information content (AvgIpc) is 2.79. The molecule has 3 amide bonds. The minimum absolute atomic E-state index is 0.173. The molecule has 0 saturated carbocycles. The van der Waals surface area contributed by atoms with Gasteiger partial charge < -0.3 is 20.3 Å². The maximum absolute atomic E-state index is 14.1. The fraction of sp³-hybridized carbons (Fsp3) is 0.500. The summed E-state index contributed by atoms with van der Waals surface area (Å²) in [6.07, 6.45) is 0.00225. The molecule has 2 N–H and O–H groups in total. The van der Waals surface area contributed by atoms with Crippen molar-refractivity contribution in [1.82, 2.24) is 10.2 Å². The van der Waals surface area contributed by atoms with Gasteiger partial charge >= 0.3 is 6.09 Å². The first-order valence-electron chi connectivity index (χ1n) is 13.0. The van der Waals surface area contributed by atoms with Crippen molar-refractivity contribution in [3.05, 3.63) is 64.7 Å². The van der Waals surface area contributed by atoms with Crippen LogP contribution in [0.2, 0.25) is 0 Å². The summed E-state index contributed by atoms with van der Waals surface area (Å²) >= 11 is 0. The van der Waals surface area contributed by atoms with Gasteiger partial charge in [0.1, 0.15) is 17.7 Å². The molecule has 3 unspecified atom stereocenters. The standard InChI is InChI=1S/C30H43N3O4/c1-10-21(5)25(32-29(36)37-30(7,8)9)28(35)33(11-2)26(23-17-19(3)16-20(4)18-23)27(34)31-24-15-13-12-14-22(24)6/h12-18,21,25-26H,10-11H2,1-9H3,(H,31,34)(H,32,36). The van der Waals surface area contributed by atoms with Gasteiger partial charge in [-0.15, -0.1) is 0 Å². The molecule has 0 spiro atoms. The van der Waals surface area contributed by atoms with Gasteiger partial charge in [0.2, 0.25) is 5.91 Å². The summed E-state index contributed by atoms with van der Waals surface area (Å²) in [6, 6.07) is 11.7. The highest BCUT2D eigenvalue weighted by Gasteiger charge is 2.37. The molecule has 2 aromatic rings. The number of likely N-dealkylation sites (N-methyl/N-ethyl adjacent to an activating group) is 1.